The van der Waals surface area contributed by atoms with E-state index >= 15 is 0 Å². The molecule has 19 heavy (non-hydrogen) atoms. The number of carboxylic acid groups (broad SMARTS) is 1. The van der Waals surface area contributed by atoms with E-state index in [1.54, 1.807) is 13.8 Å². The fourth-order valence-electron chi connectivity index (χ4n) is 2.00. The number of nitrogens with one attached hydrogen (secondary N) is 1. The maximum Gasteiger partial charge on any atom is 0.304 e. The smallest absolute Gasteiger partial charge is 0.304 e. The van der Waals surface area contributed by atoms with Crippen LogP contribution in [0.1, 0.15) is 26.7 Å². The van der Waals surface area contributed by atoms with Crippen LogP contribution in [-0.2, 0) is 19.4 Å². The molecule has 0 radical (unpaired) electrons. The van der Waals surface area contributed by atoms with Crippen LogP contribution in [0.5, 0.6) is 0 Å². The molecular formula is C11H19NO5S2. The second-order valence-corrected chi connectivity index (χ2v) is 8.78. The number of hydrogen-bond donors (Lipinski definition) is 2. The number of amides is 1. The van der Waals surface area contributed by atoms with Gasteiger partial charge in [-0.15, -0.1) is 11.8 Å². The van der Waals surface area contributed by atoms with Gasteiger partial charge in [0.2, 0.25) is 5.91 Å². The molecule has 2 N–H and O–H groups in total. The van der Waals surface area contributed by atoms with E-state index in [-0.39, 0.29) is 34.8 Å². The Morgan fingerprint density at radius 1 is 1.47 bits per heavy atom. The number of hydrogen-bond acceptors (Lipinski definition) is 5. The third-order valence-electron chi connectivity index (χ3n) is 2.91. The molecule has 0 aliphatic carbocycles. The van der Waals surface area contributed by atoms with E-state index in [1.807, 2.05) is 0 Å². The molecule has 0 aromatic heterocycles. The molecule has 1 aliphatic rings. The molecule has 0 bridgehead atoms. The van der Waals surface area contributed by atoms with Crippen LogP contribution in [0.4, 0.5) is 0 Å². The number of aliphatic carboxylic acids is 1. The summed E-state index contributed by atoms with van der Waals surface area (Å²) >= 11 is 1.25. The van der Waals surface area contributed by atoms with Gasteiger partial charge in [-0.3, -0.25) is 9.59 Å². The molecule has 1 fully saturated rings. The van der Waals surface area contributed by atoms with Crippen molar-refractivity contribution in [2.24, 2.45) is 0 Å². The van der Waals surface area contributed by atoms with Gasteiger partial charge in [-0.2, -0.15) is 0 Å². The summed E-state index contributed by atoms with van der Waals surface area (Å²) in [4.78, 5) is 22.2. The normalized spacial score (nSPS) is 26.8. The maximum absolute atomic E-state index is 11.7. The molecule has 1 heterocycles. The molecule has 8 heteroatoms. The zero-order valence-electron chi connectivity index (χ0n) is 11.0. The topological polar surface area (TPSA) is 101 Å². The van der Waals surface area contributed by atoms with Gasteiger partial charge < -0.3 is 10.4 Å². The molecule has 0 spiro atoms. The minimum absolute atomic E-state index is 0.00357. The predicted octanol–water partition coefficient (Wildman–Crippen LogP) is 0.276. The van der Waals surface area contributed by atoms with Crippen molar-refractivity contribution >= 4 is 33.5 Å². The van der Waals surface area contributed by atoms with Crippen LogP contribution in [0.3, 0.4) is 0 Å². The van der Waals surface area contributed by atoms with Gasteiger partial charge in [0.25, 0.3) is 0 Å². The number of carboxylic acids is 1. The number of carbonyl (C=O) groups is 2. The van der Waals surface area contributed by atoms with Crippen molar-refractivity contribution in [2.75, 3.05) is 17.3 Å². The highest BCUT2D eigenvalue weighted by molar-refractivity contribution is 8.00. The molecular weight excluding hydrogens is 290 g/mol. The number of thioether (sulfide) groups is 1. The molecule has 0 aromatic carbocycles. The summed E-state index contributed by atoms with van der Waals surface area (Å²) in [6.45, 7) is 3.47. The SMILES string of the molecule is CC(CC(=O)O)SCC(=O)NC1(C)CCS(=O)(=O)C1. The van der Waals surface area contributed by atoms with E-state index < -0.39 is 21.3 Å². The third-order valence-corrected chi connectivity index (χ3v) is 5.97. The average Bonchev–Trinajstić information content (AvgIpc) is 2.49. The van der Waals surface area contributed by atoms with Crippen LogP contribution in [-0.4, -0.2) is 53.4 Å². The second-order valence-electron chi connectivity index (χ2n) is 5.17. The van der Waals surface area contributed by atoms with Gasteiger partial charge in [-0.05, 0) is 13.3 Å². The number of sulfone groups is 1. The lowest BCUT2D eigenvalue weighted by molar-refractivity contribution is -0.136. The Morgan fingerprint density at radius 2 is 2.11 bits per heavy atom. The summed E-state index contributed by atoms with van der Waals surface area (Å²) in [6, 6.07) is 0. The van der Waals surface area contributed by atoms with Gasteiger partial charge in [0, 0.05) is 5.25 Å². The van der Waals surface area contributed by atoms with Crippen molar-refractivity contribution in [1.82, 2.24) is 5.32 Å². The summed E-state index contributed by atoms with van der Waals surface area (Å²) < 4.78 is 22.8. The van der Waals surface area contributed by atoms with Crippen LogP contribution < -0.4 is 5.32 Å². The Hall–Kier alpha value is -0.760. The van der Waals surface area contributed by atoms with E-state index in [0.29, 0.717) is 6.42 Å². The molecule has 0 saturated carbocycles. The highest BCUT2D eigenvalue weighted by Gasteiger charge is 2.39. The van der Waals surface area contributed by atoms with Crippen molar-refractivity contribution in [1.29, 1.82) is 0 Å². The Balaban J connectivity index is 2.38. The van der Waals surface area contributed by atoms with Gasteiger partial charge in [-0.25, -0.2) is 8.42 Å². The first-order valence-electron chi connectivity index (χ1n) is 5.97. The lowest BCUT2D eigenvalue weighted by atomic mass is 10.0. The molecule has 0 aromatic rings. The summed E-state index contributed by atoms with van der Waals surface area (Å²) in [6.07, 6.45) is 0.431. The van der Waals surface area contributed by atoms with E-state index in [9.17, 15) is 18.0 Å². The third kappa shape index (κ3) is 5.82. The fraction of sp³-hybridized carbons (Fsp3) is 0.818. The van der Waals surface area contributed by atoms with E-state index in [0.717, 1.165) is 0 Å². The quantitative estimate of drug-likeness (QED) is 0.731. The lowest BCUT2D eigenvalue weighted by Crippen LogP contribution is -2.47. The molecule has 6 nitrogen and oxygen atoms in total. The summed E-state index contributed by atoms with van der Waals surface area (Å²) in [5.74, 6) is -0.923. The van der Waals surface area contributed by atoms with Gasteiger partial charge in [0.05, 0.1) is 29.2 Å². The summed E-state index contributed by atoms with van der Waals surface area (Å²) in [7, 11) is -3.05. The number of rotatable bonds is 6. The summed E-state index contributed by atoms with van der Waals surface area (Å²) in [5, 5.41) is 11.2. The first-order chi connectivity index (χ1) is 8.62. The van der Waals surface area contributed by atoms with Crippen LogP contribution in [0.15, 0.2) is 0 Å². The Labute approximate surface area is 117 Å². The molecule has 110 valence electrons. The van der Waals surface area contributed by atoms with Crippen molar-refractivity contribution in [3.63, 3.8) is 0 Å². The van der Waals surface area contributed by atoms with Gasteiger partial charge >= 0.3 is 5.97 Å². The minimum Gasteiger partial charge on any atom is -0.481 e. The van der Waals surface area contributed by atoms with Gasteiger partial charge in [0.15, 0.2) is 9.84 Å². The van der Waals surface area contributed by atoms with Gasteiger partial charge in [0.1, 0.15) is 0 Å². The Kier molecular flexibility index (Phi) is 5.26. The second kappa shape index (κ2) is 6.13. The first kappa shape index (κ1) is 16.3. The fourth-order valence-corrected chi connectivity index (χ4v) is 4.87. The number of carbonyl (C=O) groups excluding carboxylic acids is 1. The molecule has 2 atom stereocenters. The van der Waals surface area contributed by atoms with Crippen molar-refractivity contribution < 1.29 is 23.1 Å². The van der Waals surface area contributed by atoms with Crippen LogP contribution in [0.25, 0.3) is 0 Å². The Bertz CT molecular complexity index is 462. The monoisotopic (exact) mass is 309 g/mol. The van der Waals surface area contributed by atoms with Crippen LogP contribution >= 0.6 is 11.8 Å². The largest absolute Gasteiger partial charge is 0.481 e. The highest BCUT2D eigenvalue weighted by atomic mass is 32.2. The minimum atomic E-state index is -3.05. The van der Waals surface area contributed by atoms with Crippen LogP contribution in [0, 0.1) is 0 Å². The maximum atomic E-state index is 11.7. The molecule has 1 aliphatic heterocycles. The van der Waals surface area contributed by atoms with E-state index in [4.69, 9.17) is 5.11 Å². The van der Waals surface area contributed by atoms with Crippen molar-refractivity contribution in [3.8, 4) is 0 Å². The zero-order valence-corrected chi connectivity index (χ0v) is 12.6. The van der Waals surface area contributed by atoms with Crippen molar-refractivity contribution in [2.45, 2.75) is 37.5 Å². The average molecular weight is 309 g/mol. The van der Waals surface area contributed by atoms with E-state index in [2.05, 4.69) is 5.32 Å². The van der Waals surface area contributed by atoms with Gasteiger partial charge in [-0.1, -0.05) is 6.92 Å². The predicted molar refractivity (Wildman–Crippen MR) is 74.0 cm³/mol. The van der Waals surface area contributed by atoms with E-state index in [1.165, 1.54) is 11.8 Å². The molecule has 2 unspecified atom stereocenters. The van der Waals surface area contributed by atoms with Crippen molar-refractivity contribution in [3.05, 3.63) is 0 Å². The van der Waals surface area contributed by atoms with Crippen LogP contribution in [0.2, 0.25) is 0 Å². The standard InChI is InChI=1S/C11H19NO5S2/c1-8(5-10(14)15)18-6-9(13)12-11(2)3-4-19(16,17)7-11/h8H,3-7H2,1-2H3,(H,12,13)(H,14,15). The molecule has 1 saturated heterocycles. The first-order valence-corrected chi connectivity index (χ1v) is 8.84. The lowest BCUT2D eigenvalue weighted by Gasteiger charge is -2.24. The summed E-state index contributed by atoms with van der Waals surface area (Å²) in [5.41, 5.74) is -0.688. The highest BCUT2D eigenvalue weighted by Crippen LogP contribution is 2.23. The molecule has 1 amide bonds. The molecule has 1 rings (SSSR count). The zero-order chi connectivity index (χ0) is 14.7. The Morgan fingerprint density at radius 3 is 2.58 bits per heavy atom.